The van der Waals surface area contributed by atoms with Gasteiger partial charge in [-0.05, 0) is 24.1 Å². The first kappa shape index (κ1) is 18.9. The monoisotopic (exact) mass is 409 g/mol. The average Bonchev–Trinajstić information content (AvgIpc) is 3.15. The number of aromatic nitrogens is 1. The van der Waals surface area contributed by atoms with Crippen molar-refractivity contribution in [3.63, 3.8) is 0 Å². The van der Waals surface area contributed by atoms with Crippen molar-refractivity contribution < 1.29 is 14.0 Å². The molecule has 1 saturated heterocycles. The quantitative estimate of drug-likeness (QED) is 0.741. The predicted octanol–water partition coefficient (Wildman–Crippen LogP) is 3.45. The Balaban J connectivity index is 1.57. The number of thiazole rings is 1. The van der Waals surface area contributed by atoms with Crippen LogP contribution in [0.25, 0.3) is 0 Å². The van der Waals surface area contributed by atoms with Crippen LogP contribution in [0.15, 0.2) is 30.5 Å². The summed E-state index contributed by atoms with van der Waals surface area (Å²) in [6, 6.07) is 6.26. The molecule has 2 heterocycles. The summed E-state index contributed by atoms with van der Waals surface area (Å²) in [5.41, 5.74) is 0.962. The number of hydrogen-bond acceptors (Lipinski definition) is 6. The number of anilines is 1. The van der Waals surface area contributed by atoms with Crippen LogP contribution in [0.3, 0.4) is 0 Å². The van der Waals surface area contributed by atoms with Crippen molar-refractivity contribution in [1.82, 2.24) is 9.88 Å². The standard InChI is InChI=1S/C17H16FN3O2S3/c1-2-13-15(23)21(17(24)26-13)9-14(22)20-16-19-8-12(25-16)7-10-3-5-11(18)6-4-10/h3-6,8,13H,2,7,9H2,1H3,(H,19,20,22). The largest absolute Gasteiger partial charge is 0.300 e. The maximum absolute atomic E-state index is 12.9. The van der Waals surface area contributed by atoms with Gasteiger partial charge in [0.2, 0.25) is 11.8 Å². The normalized spacial score (nSPS) is 17.0. The van der Waals surface area contributed by atoms with Gasteiger partial charge < -0.3 is 5.32 Å². The van der Waals surface area contributed by atoms with Crippen molar-refractivity contribution in [2.24, 2.45) is 0 Å². The van der Waals surface area contributed by atoms with E-state index in [1.165, 1.54) is 40.1 Å². The van der Waals surface area contributed by atoms with Gasteiger partial charge in [0, 0.05) is 17.5 Å². The van der Waals surface area contributed by atoms with E-state index in [9.17, 15) is 14.0 Å². The number of rotatable bonds is 6. The molecule has 2 aromatic rings. The summed E-state index contributed by atoms with van der Waals surface area (Å²) >= 11 is 7.85. The van der Waals surface area contributed by atoms with Crippen molar-refractivity contribution in [1.29, 1.82) is 0 Å². The van der Waals surface area contributed by atoms with Gasteiger partial charge in [-0.25, -0.2) is 9.37 Å². The third-order valence-corrected chi connectivity index (χ3v) is 6.43. The van der Waals surface area contributed by atoms with Crippen molar-refractivity contribution in [2.45, 2.75) is 25.0 Å². The summed E-state index contributed by atoms with van der Waals surface area (Å²) in [4.78, 5) is 30.8. The van der Waals surface area contributed by atoms with E-state index in [1.54, 1.807) is 18.3 Å². The SMILES string of the molecule is CCC1SC(=S)N(CC(=O)Nc2ncc(Cc3ccc(F)cc3)s2)C1=O. The molecule has 1 N–H and O–H groups in total. The summed E-state index contributed by atoms with van der Waals surface area (Å²) in [6.07, 6.45) is 2.97. The topological polar surface area (TPSA) is 62.3 Å². The lowest BCUT2D eigenvalue weighted by Crippen LogP contribution is -2.38. The molecule has 1 aliphatic rings. The third-order valence-electron chi connectivity index (χ3n) is 3.77. The van der Waals surface area contributed by atoms with Gasteiger partial charge in [-0.1, -0.05) is 43.0 Å². The van der Waals surface area contributed by atoms with Crippen LogP contribution in [0.4, 0.5) is 9.52 Å². The van der Waals surface area contributed by atoms with Gasteiger partial charge in [-0.2, -0.15) is 0 Å². The molecule has 0 spiro atoms. The summed E-state index contributed by atoms with van der Waals surface area (Å²) in [6.45, 7) is 1.81. The number of thioether (sulfide) groups is 1. The Morgan fingerprint density at radius 2 is 2.12 bits per heavy atom. The lowest BCUT2D eigenvalue weighted by atomic mass is 10.1. The van der Waals surface area contributed by atoms with Crippen molar-refractivity contribution in [2.75, 3.05) is 11.9 Å². The van der Waals surface area contributed by atoms with Gasteiger partial charge in [0.05, 0.1) is 5.25 Å². The van der Waals surface area contributed by atoms with Crippen LogP contribution in [0, 0.1) is 5.82 Å². The van der Waals surface area contributed by atoms with Crippen LogP contribution < -0.4 is 5.32 Å². The van der Waals surface area contributed by atoms with Gasteiger partial charge in [0.1, 0.15) is 16.7 Å². The molecule has 9 heteroatoms. The minimum absolute atomic E-state index is 0.103. The predicted molar refractivity (Wildman–Crippen MR) is 106 cm³/mol. The Morgan fingerprint density at radius 3 is 2.77 bits per heavy atom. The van der Waals surface area contributed by atoms with E-state index in [-0.39, 0.29) is 29.4 Å². The van der Waals surface area contributed by atoms with E-state index in [1.807, 2.05) is 6.92 Å². The molecule has 1 unspecified atom stereocenters. The molecule has 2 amide bonds. The second-order valence-corrected chi connectivity index (χ2v) is 8.64. The van der Waals surface area contributed by atoms with Gasteiger partial charge in [-0.15, -0.1) is 11.3 Å². The van der Waals surface area contributed by atoms with Crippen molar-refractivity contribution in [3.8, 4) is 0 Å². The molecule has 1 atom stereocenters. The Kier molecular flexibility index (Phi) is 6.00. The molecule has 26 heavy (non-hydrogen) atoms. The number of nitrogens with one attached hydrogen (secondary N) is 1. The molecule has 0 aliphatic carbocycles. The van der Waals surface area contributed by atoms with Gasteiger partial charge in [0.25, 0.3) is 0 Å². The zero-order valence-electron chi connectivity index (χ0n) is 13.9. The van der Waals surface area contributed by atoms with E-state index in [0.717, 1.165) is 10.4 Å². The van der Waals surface area contributed by atoms with E-state index in [2.05, 4.69) is 10.3 Å². The summed E-state index contributed by atoms with van der Waals surface area (Å²) < 4.78 is 13.4. The minimum Gasteiger partial charge on any atom is -0.300 e. The summed E-state index contributed by atoms with van der Waals surface area (Å²) in [5, 5.41) is 2.97. The number of hydrogen-bond donors (Lipinski definition) is 1. The number of halogens is 1. The second kappa shape index (κ2) is 8.24. The van der Waals surface area contributed by atoms with Crippen LogP contribution in [-0.4, -0.2) is 37.8 Å². The smallest absolute Gasteiger partial charge is 0.246 e. The molecule has 0 radical (unpaired) electrons. The first-order valence-electron chi connectivity index (χ1n) is 7.97. The Labute approximate surface area is 164 Å². The fraction of sp³-hybridized carbons (Fsp3) is 0.294. The van der Waals surface area contributed by atoms with E-state index in [4.69, 9.17) is 12.2 Å². The molecule has 3 rings (SSSR count). The highest BCUT2D eigenvalue weighted by Crippen LogP contribution is 2.29. The zero-order chi connectivity index (χ0) is 18.7. The molecule has 0 saturated carbocycles. The number of benzene rings is 1. The van der Waals surface area contributed by atoms with Crippen molar-refractivity contribution >= 4 is 56.6 Å². The summed E-state index contributed by atoms with van der Waals surface area (Å²) in [5.74, 6) is -0.724. The molecule has 136 valence electrons. The van der Waals surface area contributed by atoms with Crippen LogP contribution >= 0.6 is 35.3 Å². The van der Waals surface area contributed by atoms with Gasteiger partial charge in [0.15, 0.2) is 5.13 Å². The Hall–Kier alpha value is -1.84. The second-order valence-electron chi connectivity index (χ2n) is 5.69. The maximum Gasteiger partial charge on any atom is 0.246 e. The van der Waals surface area contributed by atoms with Crippen LogP contribution in [0.1, 0.15) is 23.8 Å². The molecule has 1 aromatic heterocycles. The number of amides is 2. The molecule has 5 nitrogen and oxygen atoms in total. The number of carbonyl (C=O) groups excluding carboxylic acids is 2. The molecule has 1 aromatic carbocycles. The number of nitrogens with zero attached hydrogens (tertiary/aromatic N) is 2. The highest BCUT2D eigenvalue weighted by Gasteiger charge is 2.36. The Morgan fingerprint density at radius 1 is 1.38 bits per heavy atom. The first-order valence-corrected chi connectivity index (χ1v) is 10.1. The van der Waals surface area contributed by atoms with Crippen LogP contribution in [0.2, 0.25) is 0 Å². The molecular formula is C17H16FN3O2S3. The first-order chi connectivity index (χ1) is 12.5. The number of carbonyl (C=O) groups is 2. The van der Waals surface area contributed by atoms with E-state index in [0.29, 0.717) is 22.3 Å². The zero-order valence-corrected chi connectivity index (χ0v) is 16.3. The molecule has 1 aliphatic heterocycles. The Bertz CT molecular complexity index is 838. The summed E-state index contributed by atoms with van der Waals surface area (Å²) in [7, 11) is 0. The number of thiocarbonyl (C=S) groups is 1. The maximum atomic E-state index is 12.9. The lowest BCUT2D eigenvalue weighted by molar-refractivity contribution is -0.129. The highest BCUT2D eigenvalue weighted by molar-refractivity contribution is 8.24. The van der Waals surface area contributed by atoms with Gasteiger partial charge >= 0.3 is 0 Å². The van der Waals surface area contributed by atoms with Crippen LogP contribution in [-0.2, 0) is 16.0 Å². The molecule has 0 bridgehead atoms. The lowest BCUT2D eigenvalue weighted by Gasteiger charge is -2.14. The van der Waals surface area contributed by atoms with E-state index >= 15 is 0 Å². The van der Waals surface area contributed by atoms with Crippen LogP contribution in [0.5, 0.6) is 0 Å². The molecule has 1 fully saturated rings. The third kappa shape index (κ3) is 4.46. The van der Waals surface area contributed by atoms with Crippen molar-refractivity contribution in [3.05, 3.63) is 46.7 Å². The molecular weight excluding hydrogens is 393 g/mol. The average molecular weight is 410 g/mol. The van der Waals surface area contributed by atoms with E-state index < -0.39 is 0 Å². The van der Waals surface area contributed by atoms with Gasteiger partial charge in [-0.3, -0.25) is 14.5 Å². The fourth-order valence-corrected chi connectivity index (χ4v) is 4.74. The highest BCUT2D eigenvalue weighted by atomic mass is 32.2. The fourth-order valence-electron chi connectivity index (χ4n) is 2.45. The minimum atomic E-state index is -0.333.